The van der Waals surface area contributed by atoms with Crippen molar-refractivity contribution in [2.75, 3.05) is 26.3 Å². The molecule has 0 amide bonds. The highest BCUT2D eigenvalue weighted by Gasteiger charge is 2.35. The monoisotopic (exact) mass is 215 g/mol. The SMILES string of the molecule is CCOCC(=O)C(C)(CC)N(CC)CC. The Morgan fingerprint density at radius 3 is 2.07 bits per heavy atom. The fourth-order valence-corrected chi connectivity index (χ4v) is 1.87. The summed E-state index contributed by atoms with van der Waals surface area (Å²) in [6.07, 6.45) is 0.834. The summed E-state index contributed by atoms with van der Waals surface area (Å²) in [6, 6.07) is 0. The normalized spacial score (nSPS) is 15.3. The third-order valence-electron chi connectivity index (χ3n) is 3.19. The molecule has 0 saturated heterocycles. The van der Waals surface area contributed by atoms with Crippen molar-refractivity contribution in [3.8, 4) is 0 Å². The maximum atomic E-state index is 12.0. The zero-order chi connectivity index (χ0) is 11.9. The lowest BCUT2D eigenvalue weighted by molar-refractivity contribution is -0.135. The lowest BCUT2D eigenvalue weighted by Crippen LogP contribution is -2.53. The number of hydrogen-bond donors (Lipinski definition) is 0. The van der Waals surface area contributed by atoms with E-state index in [0.717, 1.165) is 19.5 Å². The molecule has 15 heavy (non-hydrogen) atoms. The Morgan fingerprint density at radius 1 is 1.20 bits per heavy atom. The van der Waals surface area contributed by atoms with Crippen LogP contribution in [0.4, 0.5) is 0 Å². The van der Waals surface area contributed by atoms with Crippen LogP contribution in [-0.2, 0) is 9.53 Å². The molecule has 0 bridgehead atoms. The molecule has 0 aromatic heterocycles. The van der Waals surface area contributed by atoms with Gasteiger partial charge in [-0.2, -0.15) is 0 Å². The van der Waals surface area contributed by atoms with Gasteiger partial charge in [0.1, 0.15) is 6.61 Å². The van der Waals surface area contributed by atoms with Gasteiger partial charge in [0.2, 0.25) is 0 Å². The van der Waals surface area contributed by atoms with E-state index >= 15 is 0 Å². The van der Waals surface area contributed by atoms with Gasteiger partial charge in [-0.05, 0) is 33.4 Å². The van der Waals surface area contributed by atoms with E-state index < -0.39 is 0 Å². The van der Waals surface area contributed by atoms with Crippen LogP contribution < -0.4 is 0 Å². The summed E-state index contributed by atoms with van der Waals surface area (Å²) in [7, 11) is 0. The summed E-state index contributed by atoms with van der Waals surface area (Å²) in [5.41, 5.74) is -0.362. The highest BCUT2D eigenvalue weighted by molar-refractivity contribution is 5.89. The van der Waals surface area contributed by atoms with Gasteiger partial charge in [0, 0.05) is 6.61 Å². The van der Waals surface area contributed by atoms with Crippen molar-refractivity contribution >= 4 is 5.78 Å². The molecule has 0 aromatic carbocycles. The standard InChI is InChI=1S/C12H25NO2/c1-6-12(5,13(7-2)8-3)11(14)10-15-9-4/h6-10H2,1-5H3. The van der Waals surface area contributed by atoms with Crippen LogP contribution in [0.1, 0.15) is 41.0 Å². The molecule has 1 atom stereocenters. The Balaban J connectivity index is 4.58. The smallest absolute Gasteiger partial charge is 0.178 e. The van der Waals surface area contributed by atoms with Crippen molar-refractivity contribution < 1.29 is 9.53 Å². The fraction of sp³-hybridized carbons (Fsp3) is 0.917. The van der Waals surface area contributed by atoms with E-state index in [2.05, 4.69) is 25.7 Å². The van der Waals surface area contributed by atoms with E-state index in [1.807, 2.05) is 13.8 Å². The van der Waals surface area contributed by atoms with Crippen molar-refractivity contribution in [2.24, 2.45) is 0 Å². The van der Waals surface area contributed by atoms with E-state index in [0.29, 0.717) is 6.61 Å². The van der Waals surface area contributed by atoms with Gasteiger partial charge in [-0.15, -0.1) is 0 Å². The Morgan fingerprint density at radius 2 is 1.73 bits per heavy atom. The van der Waals surface area contributed by atoms with Crippen LogP contribution in [0.25, 0.3) is 0 Å². The largest absolute Gasteiger partial charge is 0.374 e. The summed E-state index contributed by atoms with van der Waals surface area (Å²) >= 11 is 0. The first-order chi connectivity index (χ1) is 7.06. The predicted molar refractivity (Wildman–Crippen MR) is 63.1 cm³/mol. The van der Waals surface area contributed by atoms with Crippen molar-refractivity contribution in [3.63, 3.8) is 0 Å². The van der Waals surface area contributed by atoms with Gasteiger partial charge in [0.05, 0.1) is 5.54 Å². The van der Waals surface area contributed by atoms with Gasteiger partial charge in [-0.25, -0.2) is 0 Å². The molecule has 0 rings (SSSR count). The third kappa shape index (κ3) is 3.58. The minimum Gasteiger partial charge on any atom is -0.374 e. The second-order valence-electron chi connectivity index (χ2n) is 3.86. The van der Waals surface area contributed by atoms with Crippen LogP contribution in [0.5, 0.6) is 0 Å². The Bertz CT molecular complexity index is 190. The number of rotatable bonds is 8. The molecule has 3 nitrogen and oxygen atoms in total. The number of ether oxygens (including phenoxy) is 1. The van der Waals surface area contributed by atoms with Crippen LogP contribution in [0.3, 0.4) is 0 Å². The molecular formula is C12H25NO2. The number of Topliss-reactive ketones (excluding diaryl/α,β-unsaturated/α-hetero) is 1. The lowest BCUT2D eigenvalue weighted by Gasteiger charge is -2.38. The average Bonchev–Trinajstić information content (AvgIpc) is 2.26. The number of carbonyl (C=O) groups is 1. The highest BCUT2D eigenvalue weighted by atomic mass is 16.5. The first-order valence-corrected chi connectivity index (χ1v) is 5.92. The van der Waals surface area contributed by atoms with Crippen molar-refractivity contribution in [2.45, 2.75) is 46.6 Å². The number of likely N-dealkylation sites (N-methyl/N-ethyl adjacent to an activating group) is 1. The van der Waals surface area contributed by atoms with Crippen LogP contribution in [0.2, 0.25) is 0 Å². The molecular weight excluding hydrogens is 190 g/mol. The molecule has 0 N–H and O–H groups in total. The average molecular weight is 215 g/mol. The van der Waals surface area contributed by atoms with Gasteiger partial charge in [-0.1, -0.05) is 20.8 Å². The number of hydrogen-bond acceptors (Lipinski definition) is 3. The maximum absolute atomic E-state index is 12.0. The second-order valence-corrected chi connectivity index (χ2v) is 3.86. The van der Waals surface area contributed by atoms with Gasteiger partial charge in [-0.3, -0.25) is 9.69 Å². The second kappa shape index (κ2) is 6.96. The van der Waals surface area contributed by atoms with E-state index in [9.17, 15) is 4.79 Å². The van der Waals surface area contributed by atoms with Gasteiger partial charge in [0.25, 0.3) is 0 Å². The minimum atomic E-state index is -0.362. The molecule has 3 heteroatoms. The number of ketones is 1. The maximum Gasteiger partial charge on any atom is 0.178 e. The van der Waals surface area contributed by atoms with Gasteiger partial charge >= 0.3 is 0 Å². The van der Waals surface area contributed by atoms with Crippen LogP contribution in [0.15, 0.2) is 0 Å². The molecule has 0 aromatic rings. The molecule has 0 spiro atoms. The van der Waals surface area contributed by atoms with E-state index in [4.69, 9.17) is 4.74 Å². The minimum absolute atomic E-state index is 0.190. The summed E-state index contributed by atoms with van der Waals surface area (Å²) in [4.78, 5) is 14.3. The Kier molecular flexibility index (Phi) is 6.77. The summed E-state index contributed by atoms with van der Waals surface area (Å²) in [5, 5.41) is 0. The van der Waals surface area contributed by atoms with Crippen LogP contribution in [0, 0.1) is 0 Å². The molecule has 90 valence electrons. The van der Waals surface area contributed by atoms with Crippen LogP contribution >= 0.6 is 0 Å². The Hall–Kier alpha value is -0.410. The summed E-state index contributed by atoms with van der Waals surface area (Å²) < 4.78 is 5.21. The first-order valence-electron chi connectivity index (χ1n) is 5.92. The molecule has 0 radical (unpaired) electrons. The first kappa shape index (κ1) is 14.6. The van der Waals surface area contributed by atoms with E-state index in [1.54, 1.807) is 0 Å². The van der Waals surface area contributed by atoms with Gasteiger partial charge < -0.3 is 4.74 Å². The topological polar surface area (TPSA) is 29.5 Å². The van der Waals surface area contributed by atoms with E-state index in [-0.39, 0.29) is 17.9 Å². The number of carbonyl (C=O) groups excluding carboxylic acids is 1. The lowest BCUT2D eigenvalue weighted by atomic mass is 9.91. The predicted octanol–water partition coefficient (Wildman–Crippen LogP) is 2.10. The van der Waals surface area contributed by atoms with Crippen LogP contribution in [-0.4, -0.2) is 42.5 Å². The summed E-state index contributed by atoms with van der Waals surface area (Å²) in [6.45, 7) is 12.8. The van der Waals surface area contributed by atoms with Crippen molar-refractivity contribution in [1.82, 2.24) is 4.90 Å². The molecule has 0 heterocycles. The Labute approximate surface area is 93.8 Å². The van der Waals surface area contributed by atoms with Crippen molar-refractivity contribution in [3.05, 3.63) is 0 Å². The molecule has 0 aliphatic carbocycles. The molecule has 0 saturated carbocycles. The highest BCUT2D eigenvalue weighted by Crippen LogP contribution is 2.20. The zero-order valence-electron chi connectivity index (χ0n) is 10.8. The molecule has 0 aliphatic heterocycles. The van der Waals surface area contributed by atoms with Crippen molar-refractivity contribution in [1.29, 1.82) is 0 Å². The van der Waals surface area contributed by atoms with Gasteiger partial charge in [0.15, 0.2) is 5.78 Å². The van der Waals surface area contributed by atoms with E-state index in [1.165, 1.54) is 0 Å². The number of nitrogens with zero attached hydrogens (tertiary/aromatic N) is 1. The third-order valence-corrected chi connectivity index (χ3v) is 3.19. The fourth-order valence-electron chi connectivity index (χ4n) is 1.87. The quantitative estimate of drug-likeness (QED) is 0.621. The summed E-state index contributed by atoms with van der Waals surface area (Å²) in [5.74, 6) is 0.190. The molecule has 0 fully saturated rings. The molecule has 0 aliphatic rings. The zero-order valence-corrected chi connectivity index (χ0v) is 10.8. The molecule has 1 unspecified atom stereocenters.